The SMILES string of the molecule is COCCn1c(CN2CCNCC2)nc2ccc(C(=O)OC)cc21. The Balaban J connectivity index is 1.95. The molecule has 0 unspecified atom stereocenters. The summed E-state index contributed by atoms with van der Waals surface area (Å²) in [6, 6.07) is 5.49. The molecule has 0 radical (unpaired) electrons. The van der Waals surface area contributed by atoms with Crippen LogP contribution in [0, 0.1) is 0 Å². The largest absolute Gasteiger partial charge is 0.465 e. The Bertz CT molecular complexity index is 707. The molecule has 130 valence electrons. The molecule has 0 amide bonds. The van der Waals surface area contributed by atoms with E-state index in [9.17, 15) is 4.79 Å². The number of carbonyl (C=O) groups excluding carboxylic acids is 1. The molecular formula is C17H24N4O3. The van der Waals surface area contributed by atoms with E-state index in [-0.39, 0.29) is 5.97 Å². The van der Waals surface area contributed by atoms with E-state index >= 15 is 0 Å². The maximum Gasteiger partial charge on any atom is 0.337 e. The number of nitrogens with one attached hydrogen (secondary N) is 1. The Labute approximate surface area is 141 Å². The van der Waals surface area contributed by atoms with Crippen LogP contribution in [0.25, 0.3) is 11.0 Å². The van der Waals surface area contributed by atoms with E-state index in [1.54, 1.807) is 13.2 Å². The van der Waals surface area contributed by atoms with E-state index in [1.807, 2.05) is 12.1 Å². The molecule has 3 rings (SSSR count). The third-order valence-corrected chi connectivity index (χ3v) is 4.34. The quantitative estimate of drug-likeness (QED) is 0.792. The molecule has 1 saturated heterocycles. The van der Waals surface area contributed by atoms with Crippen LogP contribution in [0.3, 0.4) is 0 Å². The Hall–Kier alpha value is -1.96. The third kappa shape index (κ3) is 3.58. The fourth-order valence-corrected chi connectivity index (χ4v) is 3.04. The summed E-state index contributed by atoms with van der Waals surface area (Å²) < 4.78 is 12.2. The lowest BCUT2D eigenvalue weighted by Gasteiger charge is -2.27. The van der Waals surface area contributed by atoms with Gasteiger partial charge >= 0.3 is 5.97 Å². The number of nitrogens with zero attached hydrogens (tertiary/aromatic N) is 3. The fraction of sp³-hybridized carbons (Fsp3) is 0.529. The number of carbonyl (C=O) groups is 1. The highest BCUT2D eigenvalue weighted by Gasteiger charge is 2.17. The average Bonchev–Trinajstić information content (AvgIpc) is 2.96. The molecule has 0 aliphatic carbocycles. The number of hydrogen-bond donors (Lipinski definition) is 1. The third-order valence-electron chi connectivity index (χ3n) is 4.34. The molecule has 0 spiro atoms. The van der Waals surface area contributed by atoms with Gasteiger partial charge in [-0.15, -0.1) is 0 Å². The summed E-state index contributed by atoms with van der Waals surface area (Å²) in [6.45, 7) is 6.15. The van der Waals surface area contributed by atoms with Crippen molar-refractivity contribution in [2.75, 3.05) is 47.0 Å². The van der Waals surface area contributed by atoms with E-state index in [0.29, 0.717) is 18.7 Å². The first-order valence-corrected chi connectivity index (χ1v) is 8.22. The Morgan fingerprint density at radius 1 is 1.29 bits per heavy atom. The van der Waals surface area contributed by atoms with Crippen LogP contribution in [0.1, 0.15) is 16.2 Å². The summed E-state index contributed by atoms with van der Waals surface area (Å²) in [7, 11) is 3.08. The van der Waals surface area contributed by atoms with Gasteiger partial charge in [0, 0.05) is 39.8 Å². The zero-order valence-corrected chi connectivity index (χ0v) is 14.2. The lowest BCUT2D eigenvalue weighted by molar-refractivity contribution is 0.0601. The first-order chi connectivity index (χ1) is 11.7. The van der Waals surface area contributed by atoms with E-state index < -0.39 is 0 Å². The number of rotatable bonds is 6. The minimum Gasteiger partial charge on any atom is -0.465 e. The van der Waals surface area contributed by atoms with E-state index in [2.05, 4.69) is 14.8 Å². The molecule has 7 heteroatoms. The van der Waals surface area contributed by atoms with Crippen LogP contribution >= 0.6 is 0 Å². The summed E-state index contributed by atoms with van der Waals surface area (Å²) in [4.78, 5) is 19.0. The number of aromatic nitrogens is 2. The predicted octanol–water partition coefficient (Wildman–Crippen LogP) is 0.875. The van der Waals surface area contributed by atoms with Gasteiger partial charge < -0.3 is 19.4 Å². The van der Waals surface area contributed by atoms with Crippen LogP contribution in [-0.4, -0.2) is 67.4 Å². The molecule has 0 bridgehead atoms. The molecule has 1 fully saturated rings. The van der Waals surface area contributed by atoms with Gasteiger partial charge in [0.2, 0.25) is 0 Å². The molecule has 1 aromatic heterocycles. The zero-order chi connectivity index (χ0) is 16.9. The van der Waals surface area contributed by atoms with Crippen molar-refractivity contribution in [3.8, 4) is 0 Å². The number of hydrogen-bond acceptors (Lipinski definition) is 6. The Morgan fingerprint density at radius 2 is 2.08 bits per heavy atom. The van der Waals surface area contributed by atoms with E-state index in [0.717, 1.165) is 49.6 Å². The van der Waals surface area contributed by atoms with Gasteiger partial charge in [-0.05, 0) is 18.2 Å². The van der Waals surface area contributed by atoms with Crippen LogP contribution in [0.4, 0.5) is 0 Å². The summed E-state index contributed by atoms with van der Waals surface area (Å²) in [5.74, 6) is 0.672. The summed E-state index contributed by atoms with van der Waals surface area (Å²) in [5.41, 5.74) is 2.38. The second-order valence-corrected chi connectivity index (χ2v) is 5.89. The van der Waals surface area contributed by atoms with Crippen LogP contribution < -0.4 is 5.32 Å². The standard InChI is InChI=1S/C17H24N4O3/c1-23-10-9-21-15-11-13(17(22)24-2)3-4-14(15)19-16(21)12-20-7-5-18-6-8-20/h3-4,11,18H,5-10,12H2,1-2H3. The van der Waals surface area contributed by atoms with Gasteiger partial charge in [-0.2, -0.15) is 0 Å². The molecule has 0 atom stereocenters. The van der Waals surface area contributed by atoms with Crippen molar-refractivity contribution in [3.63, 3.8) is 0 Å². The molecule has 1 aromatic carbocycles. The lowest BCUT2D eigenvalue weighted by atomic mass is 10.2. The van der Waals surface area contributed by atoms with Crippen LogP contribution in [0.15, 0.2) is 18.2 Å². The minimum absolute atomic E-state index is 0.333. The molecular weight excluding hydrogens is 308 g/mol. The summed E-state index contributed by atoms with van der Waals surface area (Å²) >= 11 is 0. The van der Waals surface area contributed by atoms with Crippen LogP contribution in [-0.2, 0) is 22.6 Å². The molecule has 24 heavy (non-hydrogen) atoms. The van der Waals surface area contributed by atoms with Crippen molar-refractivity contribution in [1.29, 1.82) is 0 Å². The number of piperazine rings is 1. The molecule has 0 saturated carbocycles. The first-order valence-electron chi connectivity index (χ1n) is 8.22. The molecule has 2 heterocycles. The van der Waals surface area contributed by atoms with Crippen molar-refractivity contribution in [2.24, 2.45) is 0 Å². The lowest BCUT2D eigenvalue weighted by Crippen LogP contribution is -2.43. The Morgan fingerprint density at radius 3 is 2.79 bits per heavy atom. The first kappa shape index (κ1) is 16.9. The molecule has 2 aromatic rings. The number of methoxy groups -OCH3 is 2. The van der Waals surface area contributed by atoms with Gasteiger partial charge in [-0.25, -0.2) is 9.78 Å². The van der Waals surface area contributed by atoms with Crippen molar-refractivity contribution in [1.82, 2.24) is 19.8 Å². The summed E-state index contributed by atoms with van der Waals surface area (Å²) in [6.07, 6.45) is 0. The molecule has 1 N–H and O–H groups in total. The predicted molar refractivity (Wildman–Crippen MR) is 91.1 cm³/mol. The van der Waals surface area contributed by atoms with E-state index in [1.165, 1.54) is 7.11 Å². The van der Waals surface area contributed by atoms with Crippen molar-refractivity contribution in [3.05, 3.63) is 29.6 Å². The minimum atomic E-state index is -0.333. The molecule has 1 aliphatic heterocycles. The number of imidazole rings is 1. The normalized spacial score (nSPS) is 15.8. The van der Waals surface area contributed by atoms with Crippen molar-refractivity contribution < 1.29 is 14.3 Å². The number of ether oxygens (including phenoxy) is 2. The van der Waals surface area contributed by atoms with Crippen LogP contribution in [0.2, 0.25) is 0 Å². The Kier molecular flexibility index (Phi) is 5.44. The van der Waals surface area contributed by atoms with Crippen molar-refractivity contribution >= 4 is 17.0 Å². The number of fused-ring (bicyclic) bond motifs is 1. The smallest absolute Gasteiger partial charge is 0.337 e. The van der Waals surface area contributed by atoms with Gasteiger partial charge in [-0.1, -0.05) is 0 Å². The number of benzene rings is 1. The van der Waals surface area contributed by atoms with Gasteiger partial charge in [0.05, 0.1) is 36.9 Å². The topological polar surface area (TPSA) is 68.6 Å². The highest BCUT2D eigenvalue weighted by Crippen LogP contribution is 2.20. The molecule has 1 aliphatic rings. The maximum atomic E-state index is 11.8. The van der Waals surface area contributed by atoms with Crippen molar-refractivity contribution in [2.45, 2.75) is 13.1 Å². The van der Waals surface area contributed by atoms with Gasteiger partial charge in [0.15, 0.2) is 0 Å². The monoisotopic (exact) mass is 332 g/mol. The average molecular weight is 332 g/mol. The van der Waals surface area contributed by atoms with Gasteiger partial charge in [-0.3, -0.25) is 4.90 Å². The van der Waals surface area contributed by atoms with Gasteiger partial charge in [0.1, 0.15) is 5.82 Å². The second-order valence-electron chi connectivity index (χ2n) is 5.89. The zero-order valence-electron chi connectivity index (χ0n) is 14.2. The van der Waals surface area contributed by atoms with E-state index in [4.69, 9.17) is 14.5 Å². The highest BCUT2D eigenvalue weighted by molar-refractivity contribution is 5.93. The number of esters is 1. The second kappa shape index (κ2) is 7.74. The maximum absolute atomic E-state index is 11.8. The molecule has 7 nitrogen and oxygen atoms in total. The van der Waals surface area contributed by atoms with Crippen LogP contribution in [0.5, 0.6) is 0 Å². The van der Waals surface area contributed by atoms with Gasteiger partial charge in [0.25, 0.3) is 0 Å². The highest BCUT2D eigenvalue weighted by atomic mass is 16.5. The summed E-state index contributed by atoms with van der Waals surface area (Å²) in [5, 5.41) is 3.36. The fourth-order valence-electron chi connectivity index (χ4n) is 3.04.